The van der Waals surface area contributed by atoms with Gasteiger partial charge in [0, 0.05) is 12.0 Å². The molecule has 0 heterocycles. The lowest BCUT2D eigenvalue weighted by Crippen LogP contribution is -2.02. The van der Waals surface area contributed by atoms with Crippen molar-refractivity contribution in [2.75, 3.05) is 0 Å². The molecular formula is C18H20O. The van der Waals surface area contributed by atoms with Crippen molar-refractivity contribution in [2.45, 2.75) is 33.6 Å². The van der Waals surface area contributed by atoms with E-state index in [-0.39, 0.29) is 5.78 Å². The SMILES string of the molecule is Cc1cccc(CCC(=O)c2ccc(C)c(C)c2)c1. The van der Waals surface area contributed by atoms with Gasteiger partial charge in [-0.3, -0.25) is 4.79 Å². The van der Waals surface area contributed by atoms with Crippen molar-refractivity contribution >= 4 is 5.78 Å². The zero-order chi connectivity index (χ0) is 13.8. The maximum atomic E-state index is 12.2. The normalized spacial score (nSPS) is 10.5. The van der Waals surface area contributed by atoms with E-state index in [0.29, 0.717) is 6.42 Å². The van der Waals surface area contributed by atoms with Crippen molar-refractivity contribution in [2.24, 2.45) is 0 Å². The minimum absolute atomic E-state index is 0.226. The van der Waals surface area contributed by atoms with Crippen LogP contribution in [-0.2, 0) is 6.42 Å². The standard InChI is InChI=1S/C18H20O/c1-13-5-4-6-16(11-13)8-10-18(19)17-9-7-14(2)15(3)12-17/h4-7,9,11-12H,8,10H2,1-3H3. The first-order valence-corrected chi connectivity index (χ1v) is 6.72. The van der Waals surface area contributed by atoms with Crippen molar-refractivity contribution in [3.05, 3.63) is 70.3 Å². The predicted octanol–water partition coefficient (Wildman–Crippen LogP) is 4.43. The Kier molecular flexibility index (Phi) is 4.16. The lowest BCUT2D eigenvalue weighted by atomic mass is 9.99. The molecule has 98 valence electrons. The Morgan fingerprint density at radius 1 is 0.947 bits per heavy atom. The highest BCUT2D eigenvalue weighted by Gasteiger charge is 2.07. The topological polar surface area (TPSA) is 17.1 Å². The first-order valence-electron chi connectivity index (χ1n) is 6.72. The molecule has 2 aromatic rings. The summed E-state index contributed by atoms with van der Waals surface area (Å²) in [7, 11) is 0. The molecule has 0 bridgehead atoms. The molecule has 0 unspecified atom stereocenters. The maximum Gasteiger partial charge on any atom is 0.163 e. The van der Waals surface area contributed by atoms with Crippen LogP contribution >= 0.6 is 0 Å². The van der Waals surface area contributed by atoms with Crippen LogP contribution in [-0.4, -0.2) is 5.78 Å². The molecule has 1 heteroatoms. The first-order chi connectivity index (χ1) is 9.06. The molecule has 0 aromatic heterocycles. The van der Waals surface area contributed by atoms with Crippen LogP contribution in [0.3, 0.4) is 0 Å². The van der Waals surface area contributed by atoms with Gasteiger partial charge in [-0.15, -0.1) is 0 Å². The molecular weight excluding hydrogens is 232 g/mol. The summed E-state index contributed by atoms with van der Waals surface area (Å²) in [6.07, 6.45) is 1.39. The number of carbonyl (C=O) groups is 1. The number of rotatable bonds is 4. The largest absolute Gasteiger partial charge is 0.294 e. The molecule has 0 amide bonds. The lowest BCUT2D eigenvalue weighted by molar-refractivity contribution is 0.0982. The van der Waals surface area contributed by atoms with Gasteiger partial charge in [0.25, 0.3) is 0 Å². The molecule has 0 aliphatic rings. The Labute approximate surface area is 115 Å². The summed E-state index contributed by atoms with van der Waals surface area (Å²) >= 11 is 0. The van der Waals surface area contributed by atoms with Gasteiger partial charge < -0.3 is 0 Å². The third-order valence-corrected chi connectivity index (χ3v) is 3.55. The quantitative estimate of drug-likeness (QED) is 0.736. The van der Waals surface area contributed by atoms with E-state index in [1.54, 1.807) is 0 Å². The predicted molar refractivity (Wildman–Crippen MR) is 79.7 cm³/mol. The minimum Gasteiger partial charge on any atom is -0.294 e. The molecule has 0 saturated heterocycles. The van der Waals surface area contributed by atoms with Crippen LogP contribution in [0, 0.1) is 20.8 Å². The van der Waals surface area contributed by atoms with Crippen LogP contribution in [0.2, 0.25) is 0 Å². The van der Waals surface area contributed by atoms with E-state index in [0.717, 1.165) is 12.0 Å². The number of carbonyl (C=O) groups excluding carboxylic acids is 1. The van der Waals surface area contributed by atoms with Crippen molar-refractivity contribution in [1.29, 1.82) is 0 Å². The Balaban J connectivity index is 2.03. The van der Waals surface area contributed by atoms with E-state index in [1.807, 2.05) is 31.2 Å². The molecule has 0 aliphatic heterocycles. The van der Waals surface area contributed by atoms with Crippen LogP contribution < -0.4 is 0 Å². The molecule has 2 aromatic carbocycles. The summed E-state index contributed by atoms with van der Waals surface area (Å²) < 4.78 is 0. The smallest absolute Gasteiger partial charge is 0.163 e. The average Bonchev–Trinajstić information content (AvgIpc) is 2.39. The summed E-state index contributed by atoms with van der Waals surface area (Å²) in [6, 6.07) is 14.3. The minimum atomic E-state index is 0.226. The molecule has 0 N–H and O–H groups in total. The maximum absolute atomic E-state index is 12.2. The van der Waals surface area contributed by atoms with Gasteiger partial charge >= 0.3 is 0 Å². The second-order valence-corrected chi connectivity index (χ2v) is 5.21. The molecule has 0 aliphatic carbocycles. The third-order valence-electron chi connectivity index (χ3n) is 3.55. The van der Waals surface area contributed by atoms with Gasteiger partial charge in [-0.1, -0.05) is 42.0 Å². The van der Waals surface area contributed by atoms with E-state index in [4.69, 9.17) is 0 Å². The Morgan fingerprint density at radius 3 is 2.42 bits per heavy atom. The van der Waals surface area contributed by atoms with Crippen LogP contribution in [0.4, 0.5) is 0 Å². The number of ketones is 1. The molecule has 19 heavy (non-hydrogen) atoms. The Morgan fingerprint density at radius 2 is 1.74 bits per heavy atom. The van der Waals surface area contributed by atoms with Crippen LogP contribution in [0.1, 0.15) is 39.0 Å². The van der Waals surface area contributed by atoms with E-state index in [1.165, 1.54) is 22.3 Å². The fourth-order valence-corrected chi connectivity index (χ4v) is 2.18. The van der Waals surface area contributed by atoms with Crippen LogP contribution in [0.5, 0.6) is 0 Å². The Hall–Kier alpha value is -1.89. The highest BCUT2D eigenvalue weighted by atomic mass is 16.1. The molecule has 0 spiro atoms. The van der Waals surface area contributed by atoms with E-state index < -0.39 is 0 Å². The van der Waals surface area contributed by atoms with Gasteiger partial charge in [-0.2, -0.15) is 0 Å². The van der Waals surface area contributed by atoms with Gasteiger partial charge in [0.2, 0.25) is 0 Å². The average molecular weight is 252 g/mol. The summed E-state index contributed by atoms with van der Waals surface area (Å²) in [5, 5.41) is 0. The Bertz CT molecular complexity index is 596. The second-order valence-electron chi connectivity index (χ2n) is 5.21. The monoisotopic (exact) mass is 252 g/mol. The zero-order valence-corrected chi connectivity index (χ0v) is 11.9. The summed E-state index contributed by atoms with van der Waals surface area (Å²) in [6.45, 7) is 6.19. The molecule has 0 fully saturated rings. The highest BCUT2D eigenvalue weighted by Crippen LogP contribution is 2.14. The summed E-state index contributed by atoms with van der Waals surface area (Å²) in [5.74, 6) is 0.226. The van der Waals surface area contributed by atoms with E-state index in [2.05, 4.69) is 32.0 Å². The number of benzene rings is 2. The van der Waals surface area contributed by atoms with Gasteiger partial charge in [0.05, 0.1) is 0 Å². The van der Waals surface area contributed by atoms with Crippen molar-refractivity contribution in [1.82, 2.24) is 0 Å². The zero-order valence-electron chi connectivity index (χ0n) is 11.9. The molecule has 0 radical (unpaired) electrons. The van der Waals surface area contributed by atoms with Crippen molar-refractivity contribution < 1.29 is 4.79 Å². The molecule has 0 atom stereocenters. The highest BCUT2D eigenvalue weighted by molar-refractivity contribution is 5.96. The first kappa shape index (κ1) is 13.5. The fraction of sp³-hybridized carbons (Fsp3) is 0.278. The molecule has 0 saturated carbocycles. The number of Topliss-reactive ketones (excluding diaryl/α,β-unsaturated/α-hetero) is 1. The fourth-order valence-electron chi connectivity index (χ4n) is 2.18. The number of hydrogen-bond acceptors (Lipinski definition) is 1. The molecule has 1 nitrogen and oxygen atoms in total. The number of aryl methyl sites for hydroxylation is 4. The van der Waals surface area contributed by atoms with Gasteiger partial charge in [-0.05, 0) is 49.9 Å². The second kappa shape index (κ2) is 5.83. The van der Waals surface area contributed by atoms with Crippen LogP contribution in [0.15, 0.2) is 42.5 Å². The van der Waals surface area contributed by atoms with E-state index in [9.17, 15) is 4.79 Å². The van der Waals surface area contributed by atoms with E-state index >= 15 is 0 Å². The van der Waals surface area contributed by atoms with Gasteiger partial charge in [-0.25, -0.2) is 0 Å². The van der Waals surface area contributed by atoms with Crippen molar-refractivity contribution in [3.8, 4) is 0 Å². The third kappa shape index (κ3) is 3.54. The number of hydrogen-bond donors (Lipinski definition) is 0. The summed E-state index contributed by atoms with van der Waals surface area (Å²) in [4.78, 5) is 12.2. The molecule has 2 rings (SSSR count). The summed E-state index contributed by atoms with van der Waals surface area (Å²) in [5.41, 5.74) is 5.72. The van der Waals surface area contributed by atoms with Crippen molar-refractivity contribution in [3.63, 3.8) is 0 Å². The van der Waals surface area contributed by atoms with Gasteiger partial charge in [0.15, 0.2) is 5.78 Å². The van der Waals surface area contributed by atoms with Gasteiger partial charge in [0.1, 0.15) is 0 Å². The van der Waals surface area contributed by atoms with Crippen LogP contribution in [0.25, 0.3) is 0 Å². The lowest BCUT2D eigenvalue weighted by Gasteiger charge is -2.05.